The molecule has 126 valence electrons. The number of phenols is 1. The Bertz CT molecular complexity index is 613. The lowest BCUT2D eigenvalue weighted by atomic mass is 9.68. The monoisotopic (exact) mass is 314 g/mol. The van der Waals surface area contributed by atoms with Crippen molar-refractivity contribution in [2.24, 2.45) is 5.92 Å². The number of benzene rings is 1. The standard InChI is InChI=1S/C21H30O2/c1-5-6-7-8-15-12-17(22)20-19(13-15)23-18-11-14(2)9-10-16(18)21(20,3)4/h10,12-14,18,22H,5-9,11H2,1-4H3/t14-,18?/m1/s1. The summed E-state index contributed by atoms with van der Waals surface area (Å²) in [6.45, 7) is 8.95. The van der Waals surface area contributed by atoms with E-state index in [1.165, 1.54) is 30.4 Å². The lowest BCUT2D eigenvalue weighted by Gasteiger charge is -2.43. The zero-order chi connectivity index (χ0) is 16.6. The number of aryl methyl sites for hydroxylation is 1. The highest BCUT2D eigenvalue weighted by Crippen LogP contribution is 2.51. The number of unbranched alkanes of at least 4 members (excludes halogenated alkanes) is 2. The van der Waals surface area contributed by atoms with Crippen molar-refractivity contribution in [3.8, 4) is 11.5 Å². The second kappa shape index (κ2) is 6.22. The van der Waals surface area contributed by atoms with E-state index in [-0.39, 0.29) is 11.5 Å². The lowest BCUT2D eigenvalue weighted by Crippen LogP contribution is -2.40. The van der Waals surface area contributed by atoms with Crippen LogP contribution in [0.2, 0.25) is 0 Å². The van der Waals surface area contributed by atoms with Crippen molar-refractivity contribution in [3.63, 3.8) is 0 Å². The molecule has 0 spiro atoms. The number of fused-ring (bicyclic) bond motifs is 2. The highest BCUT2D eigenvalue weighted by atomic mass is 16.5. The van der Waals surface area contributed by atoms with E-state index >= 15 is 0 Å². The SMILES string of the molecule is CCCCCc1cc(O)c2c(c1)OC1C[C@H](C)CC=C1C2(C)C. The number of phenolic OH excluding ortho intramolecular Hbond substituents is 1. The quantitative estimate of drug-likeness (QED) is 0.585. The first-order valence-corrected chi connectivity index (χ1v) is 9.17. The van der Waals surface area contributed by atoms with Crippen LogP contribution in [-0.2, 0) is 11.8 Å². The van der Waals surface area contributed by atoms with Gasteiger partial charge in [-0.3, -0.25) is 0 Å². The summed E-state index contributed by atoms with van der Waals surface area (Å²) >= 11 is 0. The minimum absolute atomic E-state index is 0.148. The topological polar surface area (TPSA) is 29.5 Å². The van der Waals surface area contributed by atoms with E-state index in [9.17, 15) is 5.11 Å². The van der Waals surface area contributed by atoms with E-state index < -0.39 is 0 Å². The number of rotatable bonds is 4. The van der Waals surface area contributed by atoms with E-state index in [4.69, 9.17) is 4.74 Å². The second-order valence-electron chi connectivity index (χ2n) is 7.91. The zero-order valence-electron chi connectivity index (χ0n) is 15.0. The highest BCUT2D eigenvalue weighted by Gasteiger charge is 2.42. The molecule has 1 N–H and O–H groups in total. The molecule has 1 aliphatic heterocycles. The fourth-order valence-electron chi connectivity index (χ4n) is 4.22. The van der Waals surface area contributed by atoms with Gasteiger partial charge in [-0.2, -0.15) is 0 Å². The molecular formula is C21H30O2. The van der Waals surface area contributed by atoms with Gasteiger partial charge in [-0.15, -0.1) is 0 Å². The van der Waals surface area contributed by atoms with Crippen LogP contribution in [0.3, 0.4) is 0 Å². The van der Waals surface area contributed by atoms with Gasteiger partial charge < -0.3 is 9.84 Å². The molecular weight excluding hydrogens is 284 g/mol. The Morgan fingerprint density at radius 1 is 1.26 bits per heavy atom. The Morgan fingerprint density at radius 3 is 2.78 bits per heavy atom. The molecule has 1 unspecified atom stereocenters. The van der Waals surface area contributed by atoms with E-state index in [1.807, 2.05) is 6.07 Å². The van der Waals surface area contributed by atoms with Gasteiger partial charge in [0.25, 0.3) is 0 Å². The van der Waals surface area contributed by atoms with Crippen LogP contribution in [0.4, 0.5) is 0 Å². The average molecular weight is 314 g/mol. The molecule has 0 bridgehead atoms. The van der Waals surface area contributed by atoms with Crippen molar-refractivity contribution in [3.05, 3.63) is 34.9 Å². The maximum Gasteiger partial charge on any atom is 0.128 e. The predicted molar refractivity (Wildman–Crippen MR) is 95.3 cm³/mol. The van der Waals surface area contributed by atoms with Gasteiger partial charge in [0, 0.05) is 11.0 Å². The Balaban J connectivity index is 1.97. The molecule has 0 saturated heterocycles. The molecule has 0 fully saturated rings. The molecule has 23 heavy (non-hydrogen) atoms. The summed E-state index contributed by atoms with van der Waals surface area (Å²) in [5, 5.41) is 10.7. The molecule has 2 atom stereocenters. The number of hydrogen-bond acceptors (Lipinski definition) is 2. The van der Waals surface area contributed by atoms with Crippen LogP contribution in [0.5, 0.6) is 11.5 Å². The summed E-state index contributed by atoms with van der Waals surface area (Å²) in [6.07, 6.45) is 9.35. The van der Waals surface area contributed by atoms with E-state index in [2.05, 4.69) is 39.8 Å². The van der Waals surface area contributed by atoms with Crippen molar-refractivity contribution >= 4 is 0 Å². The van der Waals surface area contributed by atoms with E-state index in [0.29, 0.717) is 11.7 Å². The third kappa shape index (κ3) is 3.00. The largest absolute Gasteiger partial charge is 0.507 e. The van der Waals surface area contributed by atoms with Crippen LogP contribution in [0.25, 0.3) is 0 Å². The number of aromatic hydroxyl groups is 1. The van der Waals surface area contributed by atoms with E-state index in [1.54, 1.807) is 0 Å². The summed E-state index contributed by atoms with van der Waals surface area (Å²) in [4.78, 5) is 0. The minimum Gasteiger partial charge on any atom is -0.507 e. The molecule has 0 amide bonds. The molecule has 0 aromatic heterocycles. The lowest BCUT2D eigenvalue weighted by molar-refractivity contribution is 0.156. The van der Waals surface area contributed by atoms with Crippen molar-refractivity contribution in [1.82, 2.24) is 0 Å². The van der Waals surface area contributed by atoms with Crippen LogP contribution in [0.1, 0.15) is 70.9 Å². The second-order valence-corrected chi connectivity index (χ2v) is 7.91. The molecule has 1 aliphatic carbocycles. The maximum atomic E-state index is 10.7. The van der Waals surface area contributed by atoms with Gasteiger partial charge in [-0.1, -0.05) is 46.6 Å². The Hall–Kier alpha value is -1.44. The van der Waals surface area contributed by atoms with Crippen molar-refractivity contribution in [2.45, 2.75) is 77.7 Å². The Labute approximate surface area is 140 Å². The summed E-state index contributed by atoms with van der Waals surface area (Å²) in [6, 6.07) is 4.12. The van der Waals surface area contributed by atoms with Gasteiger partial charge in [-0.05, 0) is 54.9 Å². The van der Waals surface area contributed by atoms with Crippen LogP contribution in [-0.4, -0.2) is 11.2 Å². The molecule has 0 saturated carbocycles. The van der Waals surface area contributed by atoms with Gasteiger partial charge in [-0.25, -0.2) is 0 Å². The first-order chi connectivity index (χ1) is 10.9. The number of hydrogen-bond donors (Lipinski definition) is 1. The molecule has 1 aromatic carbocycles. The van der Waals surface area contributed by atoms with Gasteiger partial charge in [0.15, 0.2) is 0 Å². The Morgan fingerprint density at radius 2 is 2.04 bits per heavy atom. The molecule has 1 heterocycles. The third-order valence-electron chi connectivity index (χ3n) is 5.53. The number of ether oxygens (including phenoxy) is 1. The van der Waals surface area contributed by atoms with Gasteiger partial charge in [0.2, 0.25) is 0 Å². The van der Waals surface area contributed by atoms with Crippen molar-refractivity contribution < 1.29 is 9.84 Å². The van der Waals surface area contributed by atoms with Crippen molar-refractivity contribution in [2.75, 3.05) is 0 Å². The predicted octanol–water partition coefficient (Wildman–Crippen LogP) is 5.52. The highest BCUT2D eigenvalue weighted by molar-refractivity contribution is 5.57. The van der Waals surface area contributed by atoms with Crippen LogP contribution in [0, 0.1) is 5.92 Å². The average Bonchev–Trinajstić information content (AvgIpc) is 2.46. The van der Waals surface area contributed by atoms with Gasteiger partial charge in [0.05, 0.1) is 0 Å². The molecule has 2 aliphatic rings. The third-order valence-corrected chi connectivity index (χ3v) is 5.53. The first kappa shape index (κ1) is 16.4. The minimum atomic E-state index is -0.148. The van der Waals surface area contributed by atoms with E-state index in [0.717, 1.165) is 30.6 Å². The number of allylic oxidation sites excluding steroid dienone is 1. The smallest absolute Gasteiger partial charge is 0.128 e. The Kier molecular flexibility index (Phi) is 4.44. The maximum absolute atomic E-state index is 10.7. The van der Waals surface area contributed by atoms with Crippen LogP contribution >= 0.6 is 0 Å². The van der Waals surface area contributed by atoms with Gasteiger partial charge >= 0.3 is 0 Å². The molecule has 3 rings (SSSR count). The summed E-state index contributed by atoms with van der Waals surface area (Å²) in [5.74, 6) is 1.97. The summed E-state index contributed by atoms with van der Waals surface area (Å²) in [7, 11) is 0. The fraction of sp³-hybridized carbons (Fsp3) is 0.619. The summed E-state index contributed by atoms with van der Waals surface area (Å²) < 4.78 is 6.34. The van der Waals surface area contributed by atoms with Gasteiger partial charge in [0.1, 0.15) is 17.6 Å². The molecule has 2 heteroatoms. The van der Waals surface area contributed by atoms with Crippen LogP contribution in [0.15, 0.2) is 23.8 Å². The fourth-order valence-corrected chi connectivity index (χ4v) is 4.22. The molecule has 1 aromatic rings. The normalized spacial score (nSPS) is 25.1. The van der Waals surface area contributed by atoms with Crippen molar-refractivity contribution in [1.29, 1.82) is 0 Å². The first-order valence-electron chi connectivity index (χ1n) is 9.17. The van der Waals surface area contributed by atoms with Crippen LogP contribution < -0.4 is 4.74 Å². The zero-order valence-corrected chi connectivity index (χ0v) is 15.0. The summed E-state index contributed by atoms with van der Waals surface area (Å²) in [5.41, 5.74) is 3.36. The molecule has 0 radical (unpaired) electrons. The molecule has 2 nitrogen and oxygen atoms in total.